The van der Waals surface area contributed by atoms with Crippen LogP contribution in [-0.4, -0.2) is 90.5 Å². The van der Waals surface area contributed by atoms with Gasteiger partial charge >= 0.3 is 24.8 Å². The number of nitrogens with one attached hydrogen (secondary N) is 4. The molecule has 6 amide bonds. The summed E-state index contributed by atoms with van der Waals surface area (Å²) in [5.41, 5.74) is 7.25. The summed E-state index contributed by atoms with van der Waals surface area (Å²) >= 11 is 0. The number of rotatable bonds is 13. The van der Waals surface area contributed by atoms with Gasteiger partial charge in [-0.3, -0.25) is 14.9 Å². The molecule has 0 radical (unpaired) electrons. The molecule has 2 aliphatic heterocycles. The lowest BCUT2D eigenvalue weighted by Gasteiger charge is -2.34. The molecule has 0 unspecified atom stereocenters. The van der Waals surface area contributed by atoms with Gasteiger partial charge in [0.25, 0.3) is 0 Å². The number of fused-ring (bicyclic) bond motifs is 2. The van der Waals surface area contributed by atoms with E-state index in [4.69, 9.17) is 13.6 Å². The van der Waals surface area contributed by atoms with E-state index in [0.29, 0.717) is 79.9 Å². The van der Waals surface area contributed by atoms with Crippen LogP contribution >= 0.6 is 0 Å². The van der Waals surface area contributed by atoms with E-state index in [-0.39, 0.29) is 84.5 Å². The Hall–Kier alpha value is -8.97. The van der Waals surface area contributed by atoms with E-state index in [0.717, 1.165) is 44.5 Å². The molecule has 83 heavy (non-hydrogen) atoms. The van der Waals surface area contributed by atoms with Crippen molar-refractivity contribution in [2.24, 2.45) is 11.8 Å². The van der Waals surface area contributed by atoms with E-state index in [1.165, 1.54) is 48.7 Å². The maximum absolute atomic E-state index is 13.0. The van der Waals surface area contributed by atoms with Crippen molar-refractivity contribution < 1.29 is 68.6 Å². The van der Waals surface area contributed by atoms with Crippen molar-refractivity contribution in [1.82, 2.24) is 51.2 Å². The summed E-state index contributed by atoms with van der Waals surface area (Å²) in [4.78, 5) is 63.6. The fourth-order valence-corrected chi connectivity index (χ4v) is 10.4. The standard InChI is InChI=1S/C29H32F3N5O4.C28H25F3N6O5/c1-16-34-26(41-36-16)23-13-22(23)25(38)33-14-18-8-9-20(17-6-5-7-19(12-17)40-29(30,31)32)21-10-11-37(15-24(18)21)27(39)35-28(2,3)4;1-15-33-26(42-35-15)22-12-21(22)25(38)32-13-17-5-6-19(16-3-2-4-18(11-16)41-28(29,30)31)20-7-9-37(14-23(17)20)27(39)34-24-8-10-40-36-24/h5-9,12,22-23H,10-11,13-15H2,1-4H3,(H,33,38)(H,35,39);2-6,8,10-11,21-22H,7,9,12-14H2,1H3,(H,32,38)(H,34,36,39)/t22-,23-;21-,22-/m01/s1. The Labute approximate surface area is 470 Å². The van der Waals surface area contributed by atoms with Gasteiger partial charge in [0.2, 0.25) is 23.6 Å². The second-order valence-electron chi connectivity index (χ2n) is 21.6. The average molecular weight is 1150 g/mol. The van der Waals surface area contributed by atoms with Gasteiger partial charge in [-0.15, -0.1) is 26.3 Å². The van der Waals surface area contributed by atoms with Crippen molar-refractivity contribution in [3.63, 3.8) is 0 Å². The number of carbonyl (C=O) groups is 4. The van der Waals surface area contributed by atoms with E-state index in [1.54, 1.807) is 35.8 Å². The quantitative estimate of drug-likeness (QED) is 0.0785. The van der Waals surface area contributed by atoms with Crippen molar-refractivity contribution in [3.05, 3.63) is 142 Å². The molecule has 26 heteroatoms. The summed E-state index contributed by atoms with van der Waals surface area (Å²) < 4.78 is 101. The minimum Gasteiger partial charge on any atom is -0.406 e. The van der Waals surface area contributed by atoms with Crippen LogP contribution < -0.4 is 30.7 Å². The molecule has 0 saturated heterocycles. The summed E-state index contributed by atoms with van der Waals surface area (Å²) in [6, 6.07) is 19.9. The molecule has 2 fully saturated rings. The van der Waals surface area contributed by atoms with Crippen LogP contribution in [0.1, 0.15) is 102 Å². The zero-order chi connectivity index (χ0) is 59.0. The van der Waals surface area contributed by atoms with Crippen LogP contribution in [-0.2, 0) is 48.6 Å². The first-order chi connectivity index (χ1) is 39.4. The molecular formula is C57H57F6N11O9. The number of amides is 6. The Morgan fingerprint density at radius 1 is 0.614 bits per heavy atom. The number of alkyl halides is 6. The van der Waals surface area contributed by atoms with Gasteiger partial charge in [0, 0.05) is 50.9 Å². The highest BCUT2D eigenvalue weighted by molar-refractivity contribution is 5.89. The third-order valence-electron chi connectivity index (χ3n) is 14.4. The molecule has 2 saturated carbocycles. The van der Waals surface area contributed by atoms with Gasteiger partial charge in [-0.05, 0) is 140 Å². The number of halogens is 6. The van der Waals surface area contributed by atoms with Crippen molar-refractivity contribution in [2.75, 3.05) is 18.4 Å². The predicted molar refractivity (Wildman–Crippen MR) is 283 cm³/mol. The molecule has 2 aliphatic carbocycles. The predicted octanol–water partition coefficient (Wildman–Crippen LogP) is 10.2. The fraction of sp³-hybridized carbons (Fsp3) is 0.386. The van der Waals surface area contributed by atoms with Crippen LogP contribution in [0.4, 0.5) is 41.7 Å². The number of nitrogens with zero attached hydrogens (tertiary/aromatic N) is 7. The minimum atomic E-state index is -4.82. The minimum absolute atomic E-state index is 0.102. The number of hydrogen-bond acceptors (Lipinski definition) is 14. The third kappa shape index (κ3) is 14.2. The van der Waals surface area contributed by atoms with Crippen molar-refractivity contribution in [3.8, 4) is 33.8 Å². The van der Waals surface area contributed by atoms with Gasteiger partial charge in [0.1, 0.15) is 17.8 Å². The zero-order valence-corrected chi connectivity index (χ0v) is 45.5. The lowest BCUT2D eigenvalue weighted by molar-refractivity contribution is -0.275. The molecule has 0 spiro atoms. The fourth-order valence-electron chi connectivity index (χ4n) is 10.4. The van der Waals surface area contributed by atoms with Crippen LogP contribution in [0.2, 0.25) is 0 Å². The second-order valence-corrected chi connectivity index (χ2v) is 21.6. The number of urea groups is 2. The van der Waals surface area contributed by atoms with Crippen molar-refractivity contribution >= 4 is 29.7 Å². The maximum Gasteiger partial charge on any atom is 0.573 e. The largest absolute Gasteiger partial charge is 0.573 e. The number of hydrogen-bond donors (Lipinski definition) is 4. The molecular weight excluding hydrogens is 1100 g/mol. The second kappa shape index (κ2) is 23.1. The highest BCUT2D eigenvalue weighted by Gasteiger charge is 2.49. The number of carbonyl (C=O) groups excluding carboxylic acids is 4. The molecule has 436 valence electrons. The third-order valence-corrected chi connectivity index (χ3v) is 14.4. The lowest BCUT2D eigenvalue weighted by atomic mass is 9.87. The molecule has 0 bridgehead atoms. The molecule has 7 aromatic rings. The highest BCUT2D eigenvalue weighted by Crippen LogP contribution is 2.48. The van der Waals surface area contributed by atoms with Crippen molar-refractivity contribution in [1.29, 1.82) is 0 Å². The molecule has 5 heterocycles. The van der Waals surface area contributed by atoms with Crippen molar-refractivity contribution in [2.45, 2.75) is 117 Å². The van der Waals surface area contributed by atoms with E-state index < -0.39 is 18.3 Å². The summed E-state index contributed by atoms with van der Waals surface area (Å²) in [6.07, 6.45) is -6.11. The Balaban J connectivity index is 0.000000185. The normalized spacial score (nSPS) is 18.2. The first-order valence-electron chi connectivity index (χ1n) is 26.6. The van der Waals surface area contributed by atoms with Crippen LogP contribution in [0.25, 0.3) is 22.3 Å². The SMILES string of the molecule is Cc1noc([C@@H]2C[C@H]2C(=O)NCc2ccc(-c3cccc(OC(F)(F)F)c3)c3c2CN(C(=O)Nc2ccon2)CC3)n1.Cc1noc([C@H]2C[C@@H]2C(=O)NCc2ccc(-c3cccc(OC(F)(F)F)c3)c3c2CN(C(=O)NC(C)(C)C)CC3)n1. The topological polar surface area (TPSA) is 245 Å². The molecule has 4 aromatic carbocycles. The first-order valence-corrected chi connectivity index (χ1v) is 26.6. The number of aromatic nitrogens is 5. The zero-order valence-electron chi connectivity index (χ0n) is 45.5. The number of anilines is 1. The van der Waals surface area contributed by atoms with Crippen LogP contribution in [0.5, 0.6) is 11.5 Å². The molecule has 4 atom stereocenters. The van der Waals surface area contributed by atoms with Crippen LogP contribution in [0, 0.1) is 25.7 Å². The monoisotopic (exact) mass is 1150 g/mol. The van der Waals surface area contributed by atoms with Crippen LogP contribution in [0.3, 0.4) is 0 Å². The number of benzene rings is 4. The summed E-state index contributed by atoms with van der Waals surface area (Å²) in [6.45, 7) is 10.9. The van der Waals surface area contributed by atoms with Gasteiger partial charge in [0.05, 0.1) is 23.7 Å². The Kier molecular flexibility index (Phi) is 16.0. The van der Waals surface area contributed by atoms with E-state index in [9.17, 15) is 45.5 Å². The number of aryl methyl sites for hydroxylation is 2. The maximum atomic E-state index is 13.0. The van der Waals surface area contributed by atoms with Gasteiger partial charge in [0.15, 0.2) is 17.5 Å². The molecule has 11 rings (SSSR count). The van der Waals surface area contributed by atoms with Gasteiger partial charge in [-0.1, -0.05) is 64.0 Å². The Bertz CT molecular complexity index is 3540. The smallest absolute Gasteiger partial charge is 0.406 e. The molecule has 4 N–H and O–H groups in total. The number of ether oxygens (including phenoxy) is 2. The van der Waals surface area contributed by atoms with E-state index in [2.05, 4.69) is 56.2 Å². The lowest BCUT2D eigenvalue weighted by Crippen LogP contribution is -2.50. The van der Waals surface area contributed by atoms with Crippen LogP contribution in [0.15, 0.2) is 98.7 Å². The van der Waals surface area contributed by atoms with E-state index >= 15 is 0 Å². The molecule has 4 aliphatic rings. The molecule has 3 aromatic heterocycles. The van der Waals surface area contributed by atoms with Gasteiger partial charge in [-0.2, -0.15) is 9.97 Å². The first kappa shape index (κ1) is 57.3. The summed E-state index contributed by atoms with van der Waals surface area (Å²) in [5, 5.41) is 22.9. The Morgan fingerprint density at radius 2 is 1.08 bits per heavy atom. The Morgan fingerprint density at radius 3 is 1.49 bits per heavy atom. The average Bonchev–Trinajstić information content (AvgIpc) is 3.82. The van der Waals surface area contributed by atoms with E-state index in [1.807, 2.05) is 45.0 Å². The highest BCUT2D eigenvalue weighted by atomic mass is 19.4. The molecule has 20 nitrogen and oxygen atoms in total. The van der Waals surface area contributed by atoms with Gasteiger partial charge < -0.3 is 48.8 Å². The summed E-state index contributed by atoms with van der Waals surface area (Å²) in [7, 11) is 0. The summed E-state index contributed by atoms with van der Waals surface area (Å²) in [5.74, 6) is 0.536. The van der Waals surface area contributed by atoms with Gasteiger partial charge in [-0.25, -0.2) is 9.59 Å².